The van der Waals surface area contributed by atoms with Crippen molar-refractivity contribution in [3.8, 4) is 18.4 Å². The van der Waals surface area contributed by atoms with Crippen LogP contribution in [0.2, 0.25) is 0 Å². The molecule has 2 heteroatoms. The second-order valence-corrected chi connectivity index (χ2v) is 4.65. The van der Waals surface area contributed by atoms with Crippen molar-refractivity contribution in [1.82, 2.24) is 5.32 Å². The van der Waals surface area contributed by atoms with Gasteiger partial charge < -0.3 is 0 Å². The van der Waals surface area contributed by atoms with Gasteiger partial charge in [-0.05, 0) is 19.3 Å². The molecule has 1 aliphatic carbocycles. The molecule has 3 unspecified atom stereocenters. The molecule has 0 saturated heterocycles. The molecule has 0 aromatic rings. The van der Waals surface area contributed by atoms with Crippen molar-refractivity contribution in [2.24, 2.45) is 5.92 Å². The van der Waals surface area contributed by atoms with E-state index in [-0.39, 0.29) is 12.0 Å². The minimum absolute atomic E-state index is 0.143. The van der Waals surface area contributed by atoms with Crippen LogP contribution in [-0.2, 0) is 0 Å². The van der Waals surface area contributed by atoms with E-state index in [0.29, 0.717) is 6.04 Å². The number of nitrogens with zero attached hydrogens (tertiary/aromatic N) is 1. The standard InChI is InChI=1S/C14H22N2/c1-3-8-13(4-2)16-14-10-7-5-6-9-12(14)11-15/h2,12-14,16H,3,5-10H2,1H3. The van der Waals surface area contributed by atoms with E-state index in [1.165, 1.54) is 19.3 Å². The smallest absolute Gasteiger partial charge is 0.0689 e. The lowest BCUT2D eigenvalue weighted by Crippen LogP contribution is -2.41. The van der Waals surface area contributed by atoms with Gasteiger partial charge in [-0.25, -0.2) is 0 Å². The third-order valence-corrected chi connectivity index (χ3v) is 3.38. The molecular weight excluding hydrogens is 196 g/mol. The molecule has 1 N–H and O–H groups in total. The predicted molar refractivity (Wildman–Crippen MR) is 66.6 cm³/mol. The van der Waals surface area contributed by atoms with E-state index in [1.807, 2.05) is 0 Å². The summed E-state index contributed by atoms with van der Waals surface area (Å²) in [6.45, 7) is 2.14. The summed E-state index contributed by atoms with van der Waals surface area (Å²) < 4.78 is 0. The van der Waals surface area contributed by atoms with Crippen LogP contribution >= 0.6 is 0 Å². The molecule has 0 bridgehead atoms. The average Bonchev–Trinajstić information content (AvgIpc) is 2.53. The van der Waals surface area contributed by atoms with Gasteiger partial charge in [0, 0.05) is 6.04 Å². The summed E-state index contributed by atoms with van der Waals surface area (Å²) in [6.07, 6.45) is 13.4. The molecule has 3 atom stereocenters. The summed E-state index contributed by atoms with van der Waals surface area (Å²) in [4.78, 5) is 0. The fourth-order valence-electron chi connectivity index (χ4n) is 2.42. The molecule has 1 rings (SSSR count). The Bertz CT molecular complexity index is 271. The average molecular weight is 218 g/mol. The highest BCUT2D eigenvalue weighted by Crippen LogP contribution is 2.23. The van der Waals surface area contributed by atoms with E-state index in [2.05, 4.69) is 24.2 Å². The number of terminal acetylenes is 1. The summed E-state index contributed by atoms with van der Waals surface area (Å²) in [5.41, 5.74) is 0. The molecular formula is C14H22N2. The zero-order chi connectivity index (χ0) is 11.8. The molecule has 0 aliphatic heterocycles. The van der Waals surface area contributed by atoms with E-state index >= 15 is 0 Å². The van der Waals surface area contributed by atoms with E-state index in [1.54, 1.807) is 0 Å². The van der Waals surface area contributed by atoms with Crippen molar-refractivity contribution in [3.05, 3.63) is 0 Å². The van der Waals surface area contributed by atoms with E-state index in [9.17, 15) is 0 Å². The third-order valence-electron chi connectivity index (χ3n) is 3.38. The Labute approximate surface area is 99.4 Å². The predicted octanol–water partition coefficient (Wildman–Crippen LogP) is 2.85. The molecule has 16 heavy (non-hydrogen) atoms. The summed E-state index contributed by atoms with van der Waals surface area (Å²) in [5, 5.41) is 12.6. The lowest BCUT2D eigenvalue weighted by Gasteiger charge is -2.24. The van der Waals surface area contributed by atoms with Crippen molar-refractivity contribution in [1.29, 1.82) is 5.26 Å². The Kier molecular flexibility index (Phi) is 5.98. The normalized spacial score (nSPS) is 27.4. The Hall–Kier alpha value is -0.990. The number of rotatable bonds is 4. The van der Waals surface area contributed by atoms with Crippen LogP contribution in [0.3, 0.4) is 0 Å². The van der Waals surface area contributed by atoms with Crippen LogP contribution in [0.1, 0.15) is 51.9 Å². The molecule has 1 saturated carbocycles. The molecule has 0 radical (unpaired) electrons. The Morgan fingerprint density at radius 3 is 2.75 bits per heavy atom. The van der Waals surface area contributed by atoms with E-state index < -0.39 is 0 Å². The van der Waals surface area contributed by atoms with Crippen LogP contribution in [0.15, 0.2) is 0 Å². The Balaban J connectivity index is 2.54. The highest BCUT2D eigenvalue weighted by atomic mass is 15.0. The van der Waals surface area contributed by atoms with Crippen LogP contribution in [0, 0.1) is 29.6 Å². The van der Waals surface area contributed by atoms with Gasteiger partial charge in [0.05, 0.1) is 18.0 Å². The van der Waals surface area contributed by atoms with Crippen molar-refractivity contribution in [3.63, 3.8) is 0 Å². The van der Waals surface area contributed by atoms with Crippen LogP contribution in [0.5, 0.6) is 0 Å². The number of nitriles is 1. The number of nitrogens with one attached hydrogen (secondary N) is 1. The Morgan fingerprint density at radius 1 is 1.38 bits per heavy atom. The zero-order valence-electron chi connectivity index (χ0n) is 10.2. The summed E-state index contributed by atoms with van der Waals surface area (Å²) in [6, 6.07) is 2.88. The molecule has 2 nitrogen and oxygen atoms in total. The monoisotopic (exact) mass is 218 g/mol. The van der Waals surface area contributed by atoms with Gasteiger partial charge in [0.25, 0.3) is 0 Å². The van der Waals surface area contributed by atoms with E-state index in [0.717, 1.165) is 25.7 Å². The minimum atomic E-state index is 0.143. The molecule has 1 fully saturated rings. The summed E-state index contributed by atoms with van der Waals surface area (Å²) in [5.74, 6) is 2.94. The van der Waals surface area contributed by atoms with Crippen molar-refractivity contribution >= 4 is 0 Å². The number of hydrogen-bond donors (Lipinski definition) is 1. The highest BCUT2D eigenvalue weighted by molar-refractivity contribution is 5.03. The quantitative estimate of drug-likeness (QED) is 0.582. The lowest BCUT2D eigenvalue weighted by atomic mass is 9.95. The molecule has 0 amide bonds. The first-order valence-electron chi connectivity index (χ1n) is 6.43. The first-order chi connectivity index (χ1) is 7.81. The van der Waals surface area contributed by atoms with Gasteiger partial charge in [0.1, 0.15) is 0 Å². The Morgan fingerprint density at radius 2 is 2.12 bits per heavy atom. The van der Waals surface area contributed by atoms with Gasteiger partial charge in [-0.1, -0.05) is 38.5 Å². The third kappa shape index (κ3) is 3.87. The molecule has 1 aliphatic rings. The van der Waals surface area contributed by atoms with Crippen molar-refractivity contribution in [2.45, 2.75) is 64.0 Å². The van der Waals surface area contributed by atoms with E-state index in [4.69, 9.17) is 11.7 Å². The maximum absolute atomic E-state index is 9.16. The minimum Gasteiger partial charge on any atom is -0.300 e. The second kappa shape index (κ2) is 7.31. The molecule has 0 aromatic heterocycles. The lowest BCUT2D eigenvalue weighted by molar-refractivity contribution is 0.367. The van der Waals surface area contributed by atoms with Crippen LogP contribution in [0.25, 0.3) is 0 Å². The maximum atomic E-state index is 9.16. The number of hydrogen-bond acceptors (Lipinski definition) is 2. The van der Waals surface area contributed by atoms with Crippen LogP contribution in [-0.4, -0.2) is 12.1 Å². The van der Waals surface area contributed by atoms with Gasteiger partial charge in [0.2, 0.25) is 0 Å². The highest BCUT2D eigenvalue weighted by Gasteiger charge is 2.24. The van der Waals surface area contributed by atoms with Gasteiger partial charge in [0.15, 0.2) is 0 Å². The first-order valence-corrected chi connectivity index (χ1v) is 6.43. The van der Waals surface area contributed by atoms with Crippen molar-refractivity contribution in [2.75, 3.05) is 0 Å². The maximum Gasteiger partial charge on any atom is 0.0689 e. The first kappa shape index (κ1) is 13.1. The largest absolute Gasteiger partial charge is 0.300 e. The molecule has 88 valence electrons. The molecule has 0 aromatic carbocycles. The SMILES string of the molecule is C#CC(CCC)NC1CCCCCC1C#N. The fraction of sp³-hybridized carbons (Fsp3) is 0.786. The zero-order valence-corrected chi connectivity index (χ0v) is 10.2. The second-order valence-electron chi connectivity index (χ2n) is 4.65. The van der Waals surface area contributed by atoms with Crippen LogP contribution in [0.4, 0.5) is 0 Å². The summed E-state index contributed by atoms with van der Waals surface area (Å²) in [7, 11) is 0. The summed E-state index contributed by atoms with van der Waals surface area (Å²) >= 11 is 0. The van der Waals surface area contributed by atoms with Gasteiger partial charge >= 0.3 is 0 Å². The van der Waals surface area contributed by atoms with Crippen LogP contribution < -0.4 is 5.32 Å². The topological polar surface area (TPSA) is 35.8 Å². The fourth-order valence-corrected chi connectivity index (χ4v) is 2.42. The molecule has 0 heterocycles. The van der Waals surface area contributed by atoms with Gasteiger partial charge in [-0.15, -0.1) is 6.42 Å². The van der Waals surface area contributed by atoms with Crippen molar-refractivity contribution < 1.29 is 0 Å². The van der Waals surface area contributed by atoms with Gasteiger partial charge in [-0.3, -0.25) is 5.32 Å². The van der Waals surface area contributed by atoms with Gasteiger partial charge in [-0.2, -0.15) is 5.26 Å². The molecule has 0 spiro atoms.